The minimum Gasteiger partial charge on any atom is -0.395 e. The lowest BCUT2D eigenvalue weighted by molar-refractivity contribution is 0.0765. The molecule has 0 aromatic rings. The molecule has 1 unspecified atom stereocenters. The Morgan fingerprint density at radius 2 is 1.67 bits per heavy atom. The topological polar surface area (TPSA) is 32.3 Å². The lowest BCUT2D eigenvalue weighted by Crippen LogP contribution is -2.47. The van der Waals surface area contributed by atoms with Gasteiger partial charge in [-0.15, -0.1) is 0 Å². The number of aliphatic hydroxyl groups is 1. The Balaban J connectivity index is 2.59. The van der Waals surface area contributed by atoms with Gasteiger partial charge < -0.3 is 10.4 Å². The van der Waals surface area contributed by atoms with E-state index >= 15 is 0 Å². The maximum Gasteiger partial charge on any atom is 0.0582 e. The van der Waals surface area contributed by atoms with Crippen molar-refractivity contribution in [2.24, 2.45) is 10.8 Å². The summed E-state index contributed by atoms with van der Waals surface area (Å²) in [7, 11) is 0. The van der Waals surface area contributed by atoms with Crippen LogP contribution >= 0.6 is 0 Å². The second-order valence-electron chi connectivity index (χ2n) is 6.86. The molecule has 0 bridgehead atoms. The fourth-order valence-electron chi connectivity index (χ4n) is 3.42. The van der Waals surface area contributed by atoms with E-state index in [4.69, 9.17) is 5.11 Å². The molecule has 0 aromatic carbocycles. The number of aliphatic hydroxyl groups excluding tert-OH is 1. The normalized spacial score (nSPS) is 27.6. The summed E-state index contributed by atoms with van der Waals surface area (Å²) >= 11 is 0. The first-order valence-corrected chi connectivity index (χ1v) is 6.11. The molecule has 0 aromatic heterocycles. The fraction of sp³-hybridized carbons (Fsp3) is 1.00. The highest BCUT2D eigenvalue weighted by Crippen LogP contribution is 2.45. The van der Waals surface area contributed by atoms with Crippen LogP contribution in [0.4, 0.5) is 0 Å². The zero-order valence-corrected chi connectivity index (χ0v) is 10.9. The van der Waals surface area contributed by atoms with Crippen molar-refractivity contribution < 1.29 is 5.11 Å². The minimum absolute atomic E-state index is 0.222. The first-order valence-electron chi connectivity index (χ1n) is 6.11. The van der Waals surface area contributed by atoms with E-state index in [1.54, 1.807) is 0 Å². The van der Waals surface area contributed by atoms with Crippen molar-refractivity contribution in [2.75, 3.05) is 6.61 Å². The van der Waals surface area contributed by atoms with Crippen molar-refractivity contribution in [2.45, 2.75) is 66.0 Å². The lowest BCUT2D eigenvalue weighted by Gasteiger charge is -2.45. The summed E-state index contributed by atoms with van der Waals surface area (Å²) < 4.78 is 0. The molecule has 1 rings (SSSR count). The molecule has 0 saturated heterocycles. The van der Waals surface area contributed by atoms with Gasteiger partial charge in [-0.3, -0.25) is 0 Å². The van der Waals surface area contributed by atoms with E-state index in [1.807, 2.05) is 0 Å². The van der Waals surface area contributed by atoms with Crippen LogP contribution < -0.4 is 5.32 Å². The van der Waals surface area contributed by atoms with Gasteiger partial charge in [-0.25, -0.2) is 0 Å². The van der Waals surface area contributed by atoms with Crippen LogP contribution in [0, 0.1) is 10.8 Å². The van der Waals surface area contributed by atoms with Gasteiger partial charge in [-0.05, 0) is 37.0 Å². The average molecular weight is 213 g/mol. The van der Waals surface area contributed by atoms with E-state index in [9.17, 15) is 0 Å². The molecular formula is C13H27NO. The molecule has 0 amide bonds. The smallest absolute Gasteiger partial charge is 0.0582 e. The molecule has 0 heterocycles. The maximum absolute atomic E-state index is 9.06. The van der Waals surface area contributed by atoms with Crippen LogP contribution in [0.1, 0.15) is 53.9 Å². The molecule has 2 heteroatoms. The Bertz CT molecular complexity index is 195. The van der Waals surface area contributed by atoms with Gasteiger partial charge in [0.1, 0.15) is 0 Å². The van der Waals surface area contributed by atoms with Gasteiger partial charge in [0, 0.05) is 12.1 Å². The van der Waals surface area contributed by atoms with Crippen molar-refractivity contribution in [3.05, 3.63) is 0 Å². The summed E-state index contributed by atoms with van der Waals surface area (Å²) in [5, 5.41) is 12.6. The second kappa shape index (κ2) is 4.42. The molecule has 1 atom stereocenters. The van der Waals surface area contributed by atoms with Crippen LogP contribution in [0.5, 0.6) is 0 Å². The standard InChI is InChI=1S/C13H27NO/c1-10(8-15)14-11-6-12(2,3)9-13(4,5)7-11/h10-11,14-15H,6-9H2,1-5H3. The first kappa shape index (κ1) is 13.0. The summed E-state index contributed by atoms with van der Waals surface area (Å²) in [4.78, 5) is 0. The zero-order chi connectivity index (χ0) is 11.7. The maximum atomic E-state index is 9.06. The number of hydrogen-bond donors (Lipinski definition) is 2. The Morgan fingerprint density at radius 1 is 1.20 bits per heavy atom. The largest absolute Gasteiger partial charge is 0.395 e. The third kappa shape index (κ3) is 4.12. The van der Waals surface area contributed by atoms with Crippen LogP contribution in [0.3, 0.4) is 0 Å². The van der Waals surface area contributed by atoms with E-state index in [2.05, 4.69) is 39.9 Å². The van der Waals surface area contributed by atoms with Crippen molar-refractivity contribution >= 4 is 0 Å². The molecule has 1 aliphatic carbocycles. The molecule has 1 saturated carbocycles. The zero-order valence-electron chi connectivity index (χ0n) is 10.9. The van der Waals surface area contributed by atoms with Gasteiger partial charge in [0.25, 0.3) is 0 Å². The van der Waals surface area contributed by atoms with Crippen molar-refractivity contribution in [1.82, 2.24) is 5.32 Å². The highest BCUT2D eigenvalue weighted by Gasteiger charge is 2.38. The van der Waals surface area contributed by atoms with E-state index in [1.165, 1.54) is 19.3 Å². The third-order valence-corrected chi connectivity index (χ3v) is 3.35. The summed E-state index contributed by atoms with van der Waals surface area (Å²) in [5.74, 6) is 0. The summed E-state index contributed by atoms with van der Waals surface area (Å²) in [6.07, 6.45) is 3.74. The first-order chi connectivity index (χ1) is 6.74. The molecule has 90 valence electrons. The molecular weight excluding hydrogens is 186 g/mol. The quantitative estimate of drug-likeness (QED) is 0.755. The van der Waals surface area contributed by atoms with Crippen LogP contribution in [0.15, 0.2) is 0 Å². The van der Waals surface area contributed by atoms with Crippen LogP contribution in [-0.4, -0.2) is 23.8 Å². The molecule has 1 fully saturated rings. The Labute approximate surface area is 94.5 Å². The van der Waals surface area contributed by atoms with Crippen molar-refractivity contribution in [3.8, 4) is 0 Å². The van der Waals surface area contributed by atoms with Gasteiger partial charge in [0.15, 0.2) is 0 Å². The molecule has 2 nitrogen and oxygen atoms in total. The van der Waals surface area contributed by atoms with E-state index in [0.717, 1.165) is 0 Å². The molecule has 15 heavy (non-hydrogen) atoms. The number of nitrogens with one attached hydrogen (secondary N) is 1. The van der Waals surface area contributed by atoms with E-state index < -0.39 is 0 Å². The highest BCUT2D eigenvalue weighted by molar-refractivity contribution is 4.92. The van der Waals surface area contributed by atoms with Crippen LogP contribution in [0.2, 0.25) is 0 Å². The Kier molecular flexibility index (Phi) is 3.83. The minimum atomic E-state index is 0.222. The Hall–Kier alpha value is -0.0800. The van der Waals surface area contributed by atoms with E-state index in [0.29, 0.717) is 16.9 Å². The van der Waals surface area contributed by atoms with Gasteiger partial charge >= 0.3 is 0 Å². The predicted molar refractivity (Wildman–Crippen MR) is 64.9 cm³/mol. The van der Waals surface area contributed by atoms with Gasteiger partial charge in [-0.1, -0.05) is 27.7 Å². The van der Waals surface area contributed by atoms with Crippen LogP contribution in [0.25, 0.3) is 0 Å². The predicted octanol–water partition coefficient (Wildman–Crippen LogP) is 2.56. The average Bonchev–Trinajstić information content (AvgIpc) is 1.97. The second-order valence-corrected chi connectivity index (χ2v) is 6.86. The molecule has 0 spiro atoms. The highest BCUT2D eigenvalue weighted by atomic mass is 16.3. The number of hydrogen-bond acceptors (Lipinski definition) is 2. The summed E-state index contributed by atoms with van der Waals surface area (Å²) in [5.41, 5.74) is 0.850. The third-order valence-electron chi connectivity index (χ3n) is 3.35. The summed E-state index contributed by atoms with van der Waals surface area (Å²) in [6, 6.07) is 0.783. The Morgan fingerprint density at radius 3 is 2.07 bits per heavy atom. The SMILES string of the molecule is CC(CO)NC1CC(C)(C)CC(C)(C)C1. The van der Waals surface area contributed by atoms with Gasteiger partial charge in [0.05, 0.1) is 6.61 Å². The van der Waals surface area contributed by atoms with Crippen LogP contribution in [-0.2, 0) is 0 Å². The fourth-order valence-corrected chi connectivity index (χ4v) is 3.42. The van der Waals surface area contributed by atoms with Crippen molar-refractivity contribution in [3.63, 3.8) is 0 Å². The molecule has 0 aliphatic heterocycles. The molecule has 2 N–H and O–H groups in total. The van der Waals surface area contributed by atoms with Crippen molar-refractivity contribution in [1.29, 1.82) is 0 Å². The lowest BCUT2D eigenvalue weighted by atomic mass is 9.63. The van der Waals surface area contributed by atoms with E-state index in [-0.39, 0.29) is 12.6 Å². The van der Waals surface area contributed by atoms with Gasteiger partial charge in [-0.2, -0.15) is 0 Å². The molecule has 0 radical (unpaired) electrons. The van der Waals surface area contributed by atoms with Gasteiger partial charge in [0.2, 0.25) is 0 Å². The summed E-state index contributed by atoms with van der Waals surface area (Å²) in [6.45, 7) is 11.7. The number of rotatable bonds is 3. The monoisotopic (exact) mass is 213 g/mol. The molecule has 1 aliphatic rings.